The molecule has 1 aromatic carbocycles. The summed E-state index contributed by atoms with van der Waals surface area (Å²) >= 11 is 0. The third-order valence-electron chi connectivity index (χ3n) is 5.91. The molecule has 0 bridgehead atoms. The Kier molecular flexibility index (Phi) is 11.7. The average Bonchev–Trinajstić information content (AvgIpc) is 2.89. The topological polar surface area (TPSA) is 181 Å². The number of amides is 2. The molecule has 0 aliphatic carbocycles. The van der Waals surface area contributed by atoms with Gasteiger partial charge < -0.3 is 40.2 Å². The highest BCUT2D eigenvalue weighted by Gasteiger charge is 2.41. The Morgan fingerprint density at radius 1 is 0.973 bits per heavy atom. The largest absolute Gasteiger partial charge is 0.469 e. The van der Waals surface area contributed by atoms with E-state index in [-0.39, 0.29) is 12.8 Å². The number of ether oxygens (including phenoxy) is 3. The quantitative estimate of drug-likeness (QED) is 0.174. The number of hydrogen-bond acceptors (Lipinski definition) is 10. The SMILES string of the molecule is COC(=O)C[C@H](NC(=O)/C=C/C[C@@H]1O[C@@H](C)[C@@H](O)[C@@H](O)[C@@H]1O)C(=O)N[C@@H](Cc1ccccc1)C(=O)OC. The Morgan fingerprint density at radius 3 is 2.27 bits per heavy atom. The Balaban J connectivity index is 2.05. The lowest BCUT2D eigenvalue weighted by Gasteiger charge is -2.39. The third-order valence-corrected chi connectivity index (χ3v) is 5.91. The van der Waals surface area contributed by atoms with Gasteiger partial charge in [0.2, 0.25) is 11.8 Å². The lowest BCUT2D eigenvalue weighted by Crippen LogP contribution is -2.56. The summed E-state index contributed by atoms with van der Waals surface area (Å²) in [5, 5.41) is 34.7. The zero-order valence-electron chi connectivity index (χ0n) is 20.9. The van der Waals surface area contributed by atoms with Gasteiger partial charge in [-0.1, -0.05) is 36.4 Å². The fraction of sp³-hybridized carbons (Fsp3) is 0.520. The van der Waals surface area contributed by atoms with Gasteiger partial charge in [0.15, 0.2) is 0 Å². The first-order chi connectivity index (χ1) is 17.6. The van der Waals surface area contributed by atoms with E-state index in [1.54, 1.807) is 37.3 Å². The van der Waals surface area contributed by atoms with Crippen LogP contribution in [0.2, 0.25) is 0 Å². The van der Waals surface area contributed by atoms with Crippen LogP contribution in [0.15, 0.2) is 42.5 Å². The van der Waals surface area contributed by atoms with E-state index in [9.17, 15) is 34.5 Å². The summed E-state index contributed by atoms with van der Waals surface area (Å²) in [6, 6.07) is 6.47. The van der Waals surface area contributed by atoms with Crippen LogP contribution in [-0.4, -0.2) is 95.9 Å². The van der Waals surface area contributed by atoms with Gasteiger partial charge in [-0.3, -0.25) is 14.4 Å². The number of rotatable bonds is 11. The number of benzene rings is 1. The standard InChI is InChI=1S/C25H34N2O10/c1-14-21(30)23(32)22(31)18(37-14)10-7-11-19(28)26-16(13-20(29)35-2)24(33)27-17(25(34)36-3)12-15-8-5-4-6-9-15/h4-9,11,14,16-18,21-23,30-32H,10,12-13H2,1-3H3,(H,26,28)(H,27,33)/b11-7+/t14-,16-,17-,18-,21+,22+,23+/m0/s1. The summed E-state index contributed by atoms with van der Waals surface area (Å²) in [6.07, 6.45) is -3.50. The van der Waals surface area contributed by atoms with Gasteiger partial charge in [-0.2, -0.15) is 0 Å². The van der Waals surface area contributed by atoms with Crippen LogP contribution in [-0.2, 0) is 39.8 Å². The number of carbonyl (C=O) groups is 4. The highest BCUT2D eigenvalue weighted by Crippen LogP contribution is 2.23. The van der Waals surface area contributed by atoms with Crippen molar-refractivity contribution in [3.8, 4) is 0 Å². The van der Waals surface area contributed by atoms with Crippen molar-refractivity contribution in [3.63, 3.8) is 0 Å². The van der Waals surface area contributed by atoms with Crippen molar-refractivity contribution in [3.05, 3.63) is 48.0 Å². The summed E-state index contributed by atoms with van der Waals surface area (Å²) in [5.74, 6) is -2.99. The van der Waals surface area contributed by atoms with Crippen molar-refractivity contribution in [2.24, 2.45) is 0 Å². The first kappa shape index (κ1) is 29.9. The van der Waals surface area contributed by atoms with E-state index in [0.29, 0.717) is 0 Å². The molecule has 12 heteroatoms. The van der Waals surface area contributed by atoms with Gasteiger partial charge in [0, 0.05) is 6.42 Å². The van der Waals surface area contributed by atoms with E-state index in [4.69, 9.17) is 9.47 Å². The van der Waals surface area contributed by atoms with E-state index < -0.39 is 72.8 Å². The van der Waals surface area contributed by atoms with Crippen molar-refractivity contribution in [2.75, 3.05) is 14.2 Å². The predicted octanol–water partition coefficient (Wildman–Crippen LogP) is -1.25. The molecule has 1 aliphatic heterocycles. The second-order valence-electron chi connectivity index (χ2n) is 8.60. The normalized spacial score (nSPS) is 25.1. The number of aliphatic hydroxyl groups excluding tert-OH is 3. The fourth-order valence-corrected chi connectivity index (χ4v) is 3.78. The maximum atomic E-state index is 12.9. The zero-order valence-corrected chi connectivity index (χ0v) is 20.9. The molecule has 204 valence electrons. The molecule has 1 aliphatic rings. The highest BCUT2D eigenvalue weighted by atomic mass is 16.5. The van der Waals surface area contributed by atoms with Gasteiger partial charge in [-0.15, -0.1) is 0 Å². The smallest absolute Gasteiger partial charge is 0.328 e. The van der Waals surface area contributed by atoms with Crippen LogP contribution in [0.1, 0.15) is 25.3 Å². The van der Waals surface area contributed by atoms with E-state index in [2.05, 4.69) is 15.4 Å². The molecule has 1 fully saturated rings. The molecule has 7 atom stereocenters. The van der Waals surface area contributed by atoms with Crippen LogP contribution in [0.25, 0.3) is 0 Å². The second-order valence-corrected chi connectivity index (χ2v) is 8.60. The fourth-order valence-electron chi connectivity index (χ4n) is 3.78. The average molecular weight is 523 g/mol. The highest BCUT2D eigenvalue weighted by molar-refractivity contribution is 5.96. The summed E-state index contributed by atoms with van der Waals surface area (Å²) in [7, 11) is 2.31. The minimum absolute atomic E-state index is 0.0259. The Bertz CT molecular complexity index is 954. The molecule has 1 heterocycles. The van der Waals surface area contributed by atoms with E-state index in [0.717, 1.165) is 18.7 Å². The summed E-state index contributed by atoms with van der Waals surface area (Å²) < 4.78 is 14.9. The van der Waals surface area contributed by atoms with Crippen molar-refractivity contribution in [1.82, 2.24) is 10.6 Å². The summed E-state index contributed by atoms with van der Waals surface area (Å²) in [5.41, 5.74) is 0.758. The van der Waals surface area contributed by atoms with E-state index in [1.807, 2.05) is 0 Å². The van der Waals surface area contributed by atoms with Gasteiger partial charge in [-0.05, 0) is 25.0 Å². The molecule has 5 N–H and O–H groups in total. The molecule has 1 saturated heterocycles. The molecule has 0 aromatic heterocycles. The van der Waals surface area contributed by atoms with Crippen LogP contribution >= 0.6 is 0 Å². The molecule has 0 spiro atoms. The number of nitrogens with one attached hydrogen (secondary N) is 2. The molecule has 12 nitrogen and oxygen atoms in total. The van der Waals surface area contributed by atoms with Crippen molar-refractivity contribution in [2.45, 2.75) is 68.8 Å². The van der Waals surface area contributed by atoms with Gasteiger partial charge in [0.25, 0.3) is 0 Å². The van der Waals surface area contributed by atoms with Gasteiger partial charge in [-0.25, -0.2) is 4.79 Å². The van der Waals surface area contributed by atoms with Gasteiger partial charge in [0.05, 0.1) is 32.8 Å². The molecule has 1 aromatic rings. The molecule has 2 rings (SSSR count). The van der Waals surface area contributed by atoms with Gasteiger partial charge in [0.1, 0.15) is 30.4 Å². The predicted molar refractivity (Wildman–Crippen MR) is 129 cm³/mol. The molecule has 0 saturated carbocycles. The number of aliphatic hydroxyl groups is 3. The maximum Gasteiger partial charge on any atom is 0.328 e. The minimum atomic E-state index is -1.40. The summed E-state index contributed by atoms with van der Waals surface area (Å²) in [4.78, 5) is 49.6. The van der Waals surface area contributed by atoms with Crippen LogP contribution in [0, 0.1) is 0 Å². The first-order valence-corrected chi connectivity index (χ1v) is 11.7. The number of esters is 2. The van der Waals surface area contributed by atoms with Crippen LogP contribution < -0.4 is 10.6 Å². The Morgan fingerprint density at radius 2 is 1.65 bits per heavy atom. The Hall–Kier alpha value is -3.32. The molecule has 0 radical (unpaired) electrons. The Labute approximate surface area is 214 Å². The number of carbonyl (C=O) groups excluding carboxylic acids is 4. The molecular formula is C25H34N2O10. The van der Waals surface area contributed by atoms with Crippen LogP contribution in [0.4, 0.5) is 0 Å². The first-order valence-electron chi connectivity index (χ1n) is 11.7. The van der Waals surface area contributed by atoms with Crippen molar-refractivity contribution >= 4 is 23.8 Å². The van der Waals surface area contributed by atoms with Crippen LogP contribution in [0.5, 0.6) is 0 Å². The monoisotopic (exact) mass is 522 g/mol. The van der Waals surface area contributed by atoms with Crippen LogP contribution in [0.3, 0.4) is 0 Å². The molecule has 37 heavy (non-hydrogen) atoms. The molecular weight excluding hydrogens is 488 g/mol. The molecule has 2 amide bonds. The number of hydrogen-bond donors (Lipinski definition) is 5. The van der Waals surface area contributed by atoms with Crippen molar-refractivity contribution in [1.29, 1.82) is 0 Å². The molecule has 0 unspecified atom stereocenters. The second kappa shape index (κ2) is 14.4. The third kappa shape index (κ3) is 8.93. The lowest BCUT2D eigenvalue weighted by molar-refractivity contribution is -0.215. The van der Waals surface area contributed by atoms with Crippen molar-refractivity contribution < 1.29 is 48.7 Å². The zero-order chi connectivity index (χ0) is 27.5. The van der Waals surface area contributed by atoms with E-state index >= 15 is 0 Å². The maximum absolute atomic E-state index is 12.9. The minimum Gasteiger partial charge on any atom is -0.469 e. The van der Waals surface area contributed by atoms with Gasteiger partial charge >= 0.3 is 11.9 Å². The number of methoxy groups -OCH3 is 2. The summed E-state index contributed by atoms with van der Waals surface area (Å²) in [6.45, 7) is 1.54. The van der Waals surface area contributed by atoms with E-state index in [1.165, 1.54) is 13.2 Å². The lowest BCUT2D eigenvalue weighted by atomic mass is 9.94.